The van der Waals surface area contributed by atoms with Crippen molar-refractivity contribution in [2.75, 3.05) is 5.75 Å². The predicted octanol–water partition coefficient (Wildman–Crippen LogP) is 0.534. The molecule has 0 amide bonds. The summed E-state index contributed by atoms with van der Waals surface area (Å²) < 4.78 is -1.49. The van der Waals surface area contributed by atoms with E-state index in [9.17, 15) is 9.59 Å². The van der Waals surface area contributed by atoms with E-state index in [0.717, 1.165) is 0 Å². The molecule has 0 radical (unpaired) electrons. The molecule has 1 atom stereocenters. The minimum Gasteiger partial charge on any atom is -0.481 e. The van der Waals surface area contributed by atoms with Crippen LogP contribution in [0, 0.1) is 0 Å². The number of carboxylic acid groups (broad SMARTS) is 2. The van der Waals surface area contributed by atoms with Gasteiger partial charge in [-0.3, -0.25) is 9.59 Å². The van der Waals surface area contributed by atoms with Gasteiger partial charge in [0.1, 0.15) is 4.75 Å². The van der Waals surface area contributed by atoms with Crippen LogP contribution in [0.5, 0.6) is 0 Å². The molecule has 0 aromatic carbocycles. The van der Waals surface area contributed by atoms with Crippen LogP contribution in [0.15, 0.2) is 0 Å². The summed E-state index contributed by atoms with van der Waals surface area (Å²) in [4.78, 5) is 20.8. The molecule has 0 aliphatic heterocycles. The summed E-state index contributed by atoms with van der Waals surface area (Å²) in [5.41, 5.74) is 0. The maximum Gasteiger partial charge on any atom is 0.320 e. The summed E-state index contributed by atoms with van der Waals surface area (Å²) in [6, 6.07) is 0. The number of rotatable bonds is 5. The highest BCUT2D eigenvalue weighted by molar-refractivity contribution is 7.83. The Morgan fingerprint density at radius 3 is 2.08 bits per heavy atom. The lowest BCUT2D eigenvalue weighted by Crippen LogP contribution is -2.35. The normalized spacial score (nSPS) is 15.2. The van der Waals surface area contributed by atoms with E-state index >= 15 is 0 Å². The first-order valence-electron chi connectivity index (χ1n) is 3.21. The quantitative estimate of drug-likeness (QED) is 0.499. The third kappa shape index (κ3) is 3.36. The summed E-state index contributed by atoms with van der Waals surface area (Å²) >= 11 is 7.63. The number of aliphatic carboxylic acids is 2. The average Bonchev–Trinajstić information content (AvgIpc) is 1.85. The molecule has 6 heteroatoms. The molecule has 0 saturated heterocycles. The van der Waals surface area contributed by atoms with Gasteiger partial charge >= 0.3 is 11.9 Å². The topological polar surface area (TPSA) is 74.6 Å². The molecular formula is C6H10O4S2. The summed E-state index contributed by atoms with van der Waals surface area (Å²) in [7, 11) is 0. The third-order valence-electron chi connectivity index (χ3n) is 1.37. The Morgan fingerprint density at radius 2 is 1.83 bits per heavy atom. The summed E-state index contributed by atoms with van der Waals surface area (Å²) in [5, 5.41) is 17.0. The van der Waals surface area contributed by atoms with Gasteiger partial charge in [-0.05, 0) is 12.2 Å². The zero-order chi connectivity index (χ0) is 9.78. The first-order valence-corrected chi connectivity index (χ1v) is 4.29. The maximum atomic E-state index is 10.6. The second kappa shape index (κ2) is 4.61. The highest BCUT2D eigenvalue weighted by Gasteiger charge is 2.36. The van der Waals surface area contributed by atoms with Crippen LogP contribution in [-0.2, 0) is 9.59 Å². The van der Waals surface area contributed by atoms with Crippen LogP contribution in [-0.4, -0.2) is 32.7 Å². The maximum absolute atomic E-state index is 10.6. The second-order valence-electron chi connectivity index (χ2n) is 2.38. The molecule has 0 aromatic heterocycles. The van der Waals surface area contributed by atoms with Gasteiger partial charge in [-0.25, -0.2) is 0 Å². The van der Waals surface area contributed by atoms with E-state index in [4.69, 9.17) is 10.2 Å². The van der Waals surface area contributed by atoms with Gasteiger partial charge in [-0.1, -0.05) is 0 Å². The molecule has 0 aliphatic carbocycles. The molecule has 1 unspecified atom stereocenters. The number of carboxylic acids is 2. The van der Waals surface area contributed by atoms with Crippen molar-refractivity contribution < 1.29 is 19.8 Å². The molecule has 2 N–H and O–H groups in total. The van der Waals surface area contributed by atoms with Crippen molar-refractivity contribution in [1.29, 1.82) is 0 Å². The molecule has 70 valence electrons. The van der Waals surface area contributed by atoms with E-state index in [-0.39, 0.29) is 6.42 Å². The first-order chi connectivity index (χ1) is 5.42. The van der Waals surface area contributed by atoms with Gasteiger partial charge in [0.2, 0.25) is 0 Å². The largest absolute Gasteiger partial charge is 0.481 e. The monoisotopic (exact) mass is 210 g/mol. The standard InChI is InChI=1S/C6H10O4S2/c7-4(8)3-6(12,1-2-11)5(9)10/h11-12H,1-3H2,(H,7,8)(H,9,10). The van der Waals surface area contributed by atoms with Gasteiger partial charge in [0.15, 0.2) is 0 Å². The van der Waals surface area contributed by atoms with Crippen molar-refractivity contribution in [3.05, 3.63) is 0 Å². The third-order valence-corrected chi connectivity index (χ3v) is 2.16. The molecule has 0 spiro atoms. The van der Waals surface area contributed by atoms with Crippen molar-refractivity contribution in [3.63, 3.8) is 0 Å². The Kier molecular flexibility index (Phi) is 4.47. The Bertz CT molecular complexity index is 194. The van der Waals surface area contributed by atoms with Crippen molar-refractivity contribution in [3.8, 4) is 0 Å². The molecule has 0 fully saturated rings. The van der Waals surface area contributed by atoms with Crippen molar-refractivity contribution in [1.82, 2.24) is 0 Å². The van der Waals surface area contributed by atoms with Crippen LogP contribution >= 0.6 is 25.3 Å². The minimum atomic E-state index is -1.49. The van der Waals surface area contributed by atoms with E-state index in [1.165, 1.54) is 0 Å². The lowest BCUT2D eigenvalue weighted by atomic mass is 10.0. The van der Waals surface area contributed by atoms with Gasteiger partial charge in [-0.15, -0.1) is 0 Å². The molecule has 0 saturated carbocycles. The molecule has 0 rings (SSSR count). The van der Waals surface area contributed by atoms with E-state index < -0.39 is 23.1 Å². The fraction of sp³-hybridized carbons (Fsp3) is 0.667. The van der Waals surface area contributed by atoms with Crippen molar-refractivity contribution >= 4 is 37.2 Å². The van der Waals surface area contributed by atoms with Gasteiger partial charge in [0.05, 0.1) is 6.42 Å². The Hall–Kier alpha value is -0.360. The lowest BCUT2D eigenvalue weighted by Gasteiger charge is -2.20. The SMILES string of the molecule is O=C(O)CC(S)(CCS)C(=O)O. The second-order valence-corrected chi connectivity index (χ2v) is 3.68. The average molecular weight is 210 g/mol. The molecule has 0 heterocycles. The molecule has 4 nitrogen and oxygen atoms in total. The molecular weight excluding hydrogens is 200 g/mol. The molecule has 0 aliphatic rings. The van der Waals surface area contributed by atoms with Crippen LogP contribution in [0.4, 0.5) is 0 Å². The van der Waals surface area contributed by atoms with Crippen molar-refractivity contribution in [2.24, 2.45) is 0 Å². The Labute approximate surface area is 80.8 Å². The number of hydrogen-bond donors (Lipinski definition) is 4. The van der Waals surface area contributed by atoms with E-state index in [1.54, 1.807) is 0 Å². The Morgan fingerprint density at radius 1 is 1.33 bits per heavy atom. The van der Waals surface area contributed by atoms with E-state index in [2.05, 4.69) is 25.3 Å². The molecule has 12 heavy (non-hydrogen) atoms. The fourth-order valence-corrected chi connectivity index (χ4v) is 1.51. The zero-order valence-electron chi connectivity index (χ0n) is 6.23. The van der Waals surface area contributed by atoms with Gasteiger partial charge in [0.25, 0.3) is 0 Å². The molecule has 0 bridgehead atoms. The van der Waals surface area contributed by atoms with Crippen LogP contribution in [0.3, 0.4) is 0 Å². The summed E-state index contributed by atoms with van der Waals surface area (Å²) in [5.74, 6) is -2.10. The van der Waals surface area contributed by atoms with Gasteiger partial charge in [0, 0.05) is 0 Å². The van der Waals surface area contributed by atoms with Crippen LogP contribution in [0.2, 0.25) is 0 Å². The Balaban J connectivity index is 4.38. The highest BCUT2D eigenvalue weighted by atomic mass is 32.1. The van der Waals surface area contributed by atoms with Crippen molar-refractivity contribution in [2.45, 2.75) is 17.6 Å². The van der Waals surface area contributed by atoms with Crippen LogP contribution in [0.25, 0.3) is 0 Å². The number of thiol groups is 2. The number of hydrogen-bond acceptors (Lipinski definition) is 4. The number of carbonyl (C=O) groups is 2. The smallest absolute Gasteiger partial charge is 0.320 e. The van der Waals surface area contributed by atoms with Crippen LogP contribution in [0.1, 0.15) is 12.8 Å². The summed E-state index contributed by atoms with van der Waals surface area (Å²) in [6.45, 7) is 0. The van der Waals surface area contributed by atoms with Gasteiger partial charge in [-0.2, -0.15) is 25.3 Å². The summed E-state index contributed by atoms with van der Waals surface area (Å²) in [6.07, 6.45) is -0.368. The minimum absolute atomic E-state index is 0.126. The predicted molar refractivity (Wildman–Crippen MR) is 50.1 cm³/mol. The van der Waals surface area contributed by atoms with Gasteiger partial charge < -0.3 is 10.2 Å². The lowest BCUT2D eigenvalue weighted by molar-refractivity contribution is -0.146. The van der Waals surface area contributed by atoms with E-state index in [1.807, 2.05) is 0 Å². The highest BCUT2D eigenvalue weighted by Crippen LogP contribution is 2.24. The van der Waals surface area contributed by atoms with Crippen LogP contribution < -0.4 is 0 Å². The van der Waals surface area contributed by atoms with E-state index in [0.29, 0.717) is 5.75 Å². The first kappa shape index (κ1) is 11.6. The molecule has 0 aromatic rings. The zero-order valence-corrected chi connectivity index (χ0v) is 8.02. The fourth-order valence-electron chi connectivity index (χ4n) is 0.706.